The van der Waals surface area contributed by atoms with Gasteiger partial charge in [-0.3, -0.25) is 19.3 Å². The first-order valence-corrected chi connectivity index (χ1v) is 12.1. The second-order valence-corrected chi connectivity index (χ2v) is 9.78. The van der Waals surface area contributed by atoms with Crippen LogP contribution in [0.5, 0.6) is 0 Å². The van der Waals surface area contributed by atoms with E-state index in [1.165, 1.54) is 4.90 Å². The molecule has 4 aliphatic heterocycles. The molecular weight excluding hydrogens is 426 g/mol. The number of nitrogens with zero attached hydrogens (tertiary/aromatic N) is 3. The molecule has 0 aliphatic carbocycles. The molecular formula is C28H25N3O3. The Morgan fingerprint density at radius 1 is 0.912 bits per heavy atom. The van der Waals surface area contributed by atoms with Gasteiger partial charge < -0.3 is 4.90 Å². The van der Waals surface area contributed by atoms with Crippen molar-refractivity contribution in [2.24, 2.45) is 11.8 Å². The Morgan fingerprint density at radius 3 is 2.50 bits per heavy atom. The Bertz CT molecular complexity index is 1400. The van der Waals surface area contributed by atoms with Gasteiger partial charge >= 0.3 is 0 Å². The minimum Gasteiger partial charge on any atom is -0.310 e. The standard InChI is InChI=1S/C28H25N3O3/c1-2-29-21-11-6-5-10-20(21)28(27(29)34)24-23(22-12-7-15-30(22)28)25(32)31(26(24)33)19-14-13-17-8-3-4-9-18(17)16-19/h3-6,8-11,13-14,16,22-24H,2,7,12,15H2,1H3/t22-,23-,24+,28-/m1/s1. The third kappa shape index (κ3) is 2.18. The fourth-order valence-corrected chi connectivity index (χ4v) is 7.22. The lowest BCUT2D eigenvalue weighted by Crippen LogP contribution is -2.56. The topological polar surface area (TPSA) is 60.9 Å². The van der Waals surface area contributed by atoms with E-state index >= 15 is 0 Å². The molecule has 0 bridgehead atoms. The molecule has 4 atom stereocenters. The maximum atomic E-state index is 14.2. The number of rotatable bonds is 2. The van der Waals surface area contributed by atoms with Crippen molar-refractivity contribution in [3.8, 4) is 0 Å². The molecule has 3 aromatic carbocycles. The van der Waals surface area contributed by atoms with E-state index in [-0.39, 0.29) is 23.8 Å². The van der Waals surface area contributed by atoms with E-state index in [1.807, 2.05) is 73.7 Å². The van der Waals surface area contributed by atoms with Gasteiger partial charge in [0.05, 0.1) is 17.5 Å². The maximum absolute atomic E-state index is 14.2. The van der Waals surface area contributed by atoms with Crippen LogP contribution in [0.25, 0.3) is 10.8 Å². The van der Waals surface area contributed by atoms with Crippen molar-refractivity contribution >= 4 is 39.9 Å². The van der Waals surface area contributed by atoms with Gasteiger partial charge in [-0.05, 0) is 55.3 Å². The number of benzene rings is 3. The zero-order chi connectivity index (χ0) is 23.2. The number of imide groups is 1. The lowest BCUT2D eigenvalue weighted by atomic mass is 9.75. The van der Waals surface area contributed by atoms with E-state index in [0.717, 1.165) is 41.4 Å². The minimum absolute atomic E-state index is 0.0582. The van der Waals surface area contributed by atoms with E-state index in [9.17, 15) is 14.4 Å². The second kappa shape index (κ2) is 6.76. The third-order valence-corrected chi connectivity index (χ3v) is 8.45. The summed E-state index contributed by atoms with van der Waals surface area (Å²) in [7, 11) is 0. The van der Waals surface area contributed by atoms with Crippen molar-refractivity contribution in [2.75, 3.05) is 22.9 Å². The Kier molecular flexibility index (Phi) is 3.96. The van der Waals surface area contributed by atoms with Crippen LogP contribution in [0.3, 0.4) is 0 Å². The number of hydrogen-bond donors (Lipinski definition) is 0. The van der Waals surface area contributed by atoms with Gasteiger partial charge in [0.15, 0.2) is 0 Å². The van der Waals surface area contributed by atoms with Crippen LogP contribution < -0.4 is 9.80 Å². The molecule has 4 heterocycles. The Balaban J connectivity index is 1.42. The summed E-state index contributed by atoms with van der Waals surface area (Å²) < 4.78 is 0. The summed E-state index contributed by atoms with van der Waals surface area (Å²) in [5, 5.41) is 2.04. The van der Waals surface area contributed by atoms with E-state index in [4.69, 9.17) is 0 Å². The van der Waals surface area contributed by atoms with Crippen LogP contribution >= 0.6 is 0 Å². The summed E-state index contributed by atoms with van der Waals surface area (Å²) in [5.41, 5.74) is 1.24. The van der Waals surface area contributed by atoms with Crippen molar-refractivity contribution in [3.63, 3.8) is 0 Å². The maximum Gasteiger partial charge on any atom is 0.253 e. The fraction of sp³-hybridized carbons (Fsp3) is 0.321. The first-order valence-electron chi connectivity index (χ1n) is 12.1. The predicted molar refractivity (Wildman–Crippen MR) is 129 cm³/mol. The highest BCUT2D eigenvalue weighted by Gasteiger charge is 2.75. The van der Waals surface area contributed by atoms with Gasteiger partial charge in [-0.25, -0.2) is 4.90 Å². The quantitative estimate of drug-likeness (QED) is 0.558. The van der Waals surface area contributed by atoms with E-state index in [0.29, 0.717) is 12.2 Å². The van der Waals surface area contributed by atoms with Gasteiger partial charge in [0.1, 0.15) is 5.54 Å². The normalized spacial score (nSPS) is 30.0. The molecule has 170 valence electrons. The first kappa shape index (κ1) is 19.9. The van der Waals surface area contributed by atoms with Crippen molar-refractivity contribution < 1.29 is 14.4 Å². The average Bonchev–Trinajstić information content (AvgIpc) is 3.56. The summed E-state index contributed by atoms with van der Waals surface area (Å²) in [6, 6.07) is 21.4. The number of hydrogen-bond acceptors (Lipinski definition) is 4. The molecule has 4 aliphatic rings. The summed E-state index contributed by atoms with van der Waals surface area (Å²) in [6.45, 7) is 3.22. The number of carbonyl (C=O) groups is 3. The molecule has 0 N–H and O–H groups in total. The van der Waals surface area contributed by atoms with Gasteiger partial charge in [0.25, 0.3) is 5.91 Å². The van der Waals surface area contributed by atoms with Gasteiger partial charge in [-0.15, -0.1) is 0 Å². The summed E-state index contributed by atoms with van der Waals surface area (Å²) in [5.74, 6) is -1.69. The molecule has 0 radical (unpaired) electrons. The summed E-state index contributed by atoms with van der Waals surface area (Å²) >= 11 is 0. The molecule has 3 fully saturated rings. The zero-order valence-corrected chi connectivity index (χ0v) is 19.0. The molecule has 0 aromatic heterocycles. The van der Waals surface area contributed by atoms with Gasteiger partial charge in [0.2, 0.25) is 11.8 Å². The Morgan fingerprint density at radius 2 is 1.68 bits per heavy atom. The van der Waals surface area contributed by atoms with Crippen molar-refractivity contribution in [2.45, 2.75) is 31.3 Å². The van der Waals surface area contributed by atoms with Crippen molar-refractivity contribution in [3.05, 3.63) is 72.3 Å². The fourth-order valence-electron chi connectivity index (χ4n) is 7.22. The van der Waals surface area contributed by atoms with Gasteiger partial charge in [0, 0.05) is 23.8 Å². The van der Waals surface area contributed by atoms with Crippen LogP contribution in [0, 0.1) is 11.8 Å². The molecule has 0 unspecified atom stereocenters. The van der Waals surface area contributed by atoms with Crippen LogP contribution in [0.1, 0.15) is 25.3 Å². The predicted octanol–water partition coefficient (Wildman–Crippen LogP) is 3.69. The van der Waals surface area contributed by atoms with Crippen LogP contribution in [0.2, 0.25) is 0 Å². The molecule has 3 amide bonds. The number of fused-ring (bicyclic) bond motifs is 8. The van der Waals surface area contributed by atoms with Crippen LogP contribution in [0.15, 0.2) is 66.7 Å². The Labute approximate surface area is 197 Å². The Hall–Kier alpha value is -3.51. The van der Waals surface area contributed by atoms with Crippen LogP contribution in [-0.4, -0.2) is 41.8 Å². The number of anilines is 2. The highest BCUT2D eigenvalue weighted by molar-refractivity contribution is 6.26. The monoisotopic (exact) mass is 451 g/mol. The van der Waals surface area contributed by atoms with Crippen molar-refractivity contribution in [1.82, 2.24) is 4.90 Å². The third-order valence-electron chi connectivity index (χ3n) is 8.45. The molecule has 34 heavy (non-hydrogen) atoms. The van der Waals surface area contributed by atoms with Crippen molar-refractivity contribution in [1.29, 1.82) is 0 Å². The summed E-state index contributed by atoms with van der Waals surface area (Å²) in [6.07, 6.45) is 1.75. The van der Waals surface area contributed by atoms with Crippen LogP contribution in [0.4, 0.5) is 11.4 Å². The lowest BCUT2D eigenvalue weighted by molar-refractivity contribution is -0.137. The molecule has 3 aromatic rings. The van der Waals surface area contributed by atoms with Gasteiger partial charge in [-0.2, -0.15) is 0 Å². The SMILES string of the molecule is CCN1C(=O)[C@@]2(c3ccccc31)[C@@H]1C(=O)N(c3ccc4ccccc4c3)C(=O)[C@@H]1[C@H]1CCCN12. The highest BCUT2D eigenvalue weighted by atomic mass is 16.2. The molecule has 6 heteroatoms. The van der Waals surface area contributed by atoms with E-state index in [2.05, 4.69) is 4.90 Å². The average molecular weight is 452 g/mol. The number of amides is 3. The summed E-state index contributed by atoms with van der Waals surface area (Å²) in [4.78, 5) is 47.7. The molecule has 3 saturated heterocycles. The highest BCUT2D eigenvalue weighted by Crippen LogP contribution is 2.61. The molecule has 0 saturated carbocycles. The smallest absolute Gasteiger partial charge is 0.253 e. The largest absolute Gasteiger partial charge is 0.310 e. The van der Waals surface area contributed by atoms with E-state index < -0.39 is 17.4 Å². The minimum atomic E-state index is -1.10. The second-order valence-electron chi connectivity index (χ2n) is 9.78. The molecule has 1 spiro atoms. The number of likely N-dealkylation sites (N-methyl/N-ethyl adjacent to an activating group) is 1. The number of carbonyl (C=O) groups excluding carboxylic acids is 3. The first-order chi connectivity index (χ1) is 16.6. The lowest BCUT2D eigenvalue weighted by Gasteiger charge is -2.37. The molecule has 7 rings (SSSR count). The number of para-hydroxylation sites is 1. The zero-order valence-electron chi connectivity index (χ0n) is 19.0. The van der Waals surface area contributed by atoms with Gasteiger partial charge in [-0.1, -0.05) is 48.5 Å². The molecule has 6 nitrogen and oxygen atoms in total. The van der Waals surface area contributed by atoms with E-state index in [1.54, 1.807) is 4.90 Å². The van der Waals surface area contributed by atoms with Crippen LogP contribution in [-0.2, 0) is 19.9 Å².